The lowest BCUT2D eigenvalue weighted by Gasteiger charge is -2.21. The Kier molecular flexibility index (Phi) is 4.65. The Morgan fingerprint density at radius 3 is 2.68 bits per heavy atom. The number of methoxy groups -OCH3 is 2. The van der Waals surface area contributed by atoms with Gasteiger partial charge in [0.05, 0.1) is 26.4 Å². The minimum absolute atomic E-state index is 0.234. The van der Waals surface area contributed by atoms with Crippen LogP contribution in [0.25, 0.3) is 11.4 Å². The Labute approximate surface area is 161 Å². The van der Waals surface area contributed by atoms with E-state index < -0.39 is 0 Å². The molecule has 3 aromatic rings. The standard InChI is InChI=1S/C21H20N2O5/c1-4-27-16-7-5-6-12-10-14-20(24)22-19(23-21(14)28-18(12)16)13-8-9-15(25-2)17(11-13)26-3/h5-9,11H,4,10H2,1-3H3,(H,22,23,24). The lowest BCUT2D eigenvalue weighted by atomic mass is 10.0. The quantitative estimate of drug-likeness (QED) is 0.570. The van der Waals surface area contributed by atoms with Gasteiger partial charge in [-0.05, 0) is 31.2 Å². The van der Waals surface area contributed by atoms with Gasteiger partial charge in [0, 0.05) is 17.5 Å². The Bertz CT molecular complexity index is 1090. The molecule has 28 heavy (non-hydrogen) atoms. The molecule has 0 atom stereocenters. The highest BCUT2D eigenvalue weighted by atomic mass is 16.5. The highest BCUT2D eigenvalue weighted by Gasteiger charge is 2.25. The molecule has 2 heterocycles. The Balaban J connectivity index is 1.78. The third kappa shape index (κ3) is 3.05. The number of hydrogen-bond acceptors (Lipinski definition) is 6. The zero-order valence-electron chi connectivity index (χ0n) is 15.9. The van der Waals surface area contributed by atoms with Gasteiger partial charge in [-0.1, -0.05) is 12.1 Å². The van der Waals surface area contributed by atoms with Crippen molar-refractivity contribution in [2.24, 2.45) is 0 Å². The summed E-state index contributed by atoms with van der Waals surface area (Å²) in [5.41, 5.74) is 1.84. The van der Waals surface area contributed by atoms with Gasteiger partial charge in [-0.25, -0.2) is 0 Å². The molecule has 0 spiro atoms. The van der Waals surface area contributed by atoms with Gasteiger partial charge in [0.25, 0.3) is 5.56 Å². The maximum absolute atomic E-state index is 12.7. The molecule has 1 N–H and O–H groups in total. The average Bonchev–Trinajstić information content (AvgIpc) is 2.72. The van der Waals surface area contributed by atoms with Crippen molar-refractivity contribution in [3.8, 4) is 40.3 Å². The topological polar surface area (TPSA) is 82.7 Å². The first-order valence-electron chi connectivity index (χ1n) is 8.92. The fourth-order valence-corrected chi connectivity index (χ4v) is 3.21. The van der Waals surface area contributed by atoms with Gasteiger partial charge in [-0.3, -0.25) is 4.79 Å². The predicted octanol–water partition coefficient (Wildman–Crippen LogP) is 3.55. The molecule has 2 aromatic carbocycles. The largest absolute Gasteiger partial charge is 0.493 e. The van der Waals surface area contributed by atoms with Crippen LogP contribution in [-0.4, -0.2) is 30.8 Å². The molecule has 1 aliphatic rings. The van der Waals surface area contributed by atoms with Gasteiger partial charge in [0.1, 0.15) is 5.82 Å². The number of aromatic nitrogens is 2. The Morgan fingerprint density at radius 2 is 1.93 bits per heavy atom. The molecule has 0 fully saturated rings. The maximum Gasteiger partial charge on any atom is 0.258 e. The summed E-state index contributed by atoms with van der Waals surface area (Å²) in [6.45, 7) is 2.43. The van der Waals surface area contributed by atoms with Crippen LogP contribution >= 0.6 is 0 Å². The third-order valence-corrected chi connectivity index (χ3v) is 4.56. The number of para-hydroxylation sites is 1. The molecule has 0 unspecified atom stereocenters. The van der Waals surface area contributed by atoms with Crippen molar-refractivity contribution in [3.63, 3.8) is 0 Å². The van der Waals surface area contributed by atoms with E-state index in [2.05, 4.69) is 9.97 Å². The van der Waals surface area contributed by atoms with Gasteiger partial charge in [-0.15, -0.1) is 0 Å². The van der Waals surface area contributed by atoms with E-state index in [9.17, 15) is 4.79 Å². The van der Waals surface area contributed by atoms with E-state index in [4.69, 9.17) is 18.9 Å². The summed E-state index contributed by atoms with van der Waals surface area (Å²) in [5, 5.41) is 0. The molecule has 1 aliphatic heterocycles. The zero-order chi connectivity index (χ0) is 19.7. The van der Waals surface area contributed by atoms with E-state index in [0.29, 0.717) is 53.0 Å². The summed E-state index contributed by atoms with van der Waals surface area (Å²) in [6, 6.07) is 11.0. The zero-order valence-corrected chi connectivity index (χ0v) is 15.9. The molecular formula is C21H20N2O5. The van der Waals surface area contributed by atoms with E-state index >= 15 is 0 Å². The van der Waals surface area contributed by atoms with Gasteiger partial charge in [-0.2, -0.15) is 4.98 Å². The number of hydrogen-bond donors (Lipinski definition) is 1. The van der Waals surface area contributed by atoms with Crippen molar-refractivity contribution in [2.75, 3.05) is 20.8 Å². The van der Waals surface area contributed by atoms with Crippen LogP contribution in [0.2, 0.25) is 0 Å². The van der Waals surface area contributed by atoms with Crippen molar-refractivity contribution in [1.82, 2.24) is 9.97 Å². The molecule has 1 aromatic heterocycles. The molecule has 7 nitrogen and oxygen atoms in total. The highest BCUT2D eigenvalue weighted by Crippen LogP contribution is 2.41. The molecule has 0 bridgehead atoms. The molecule has 4 rings (SSSR count). The van der Waals surface area contributed by atoms with Crippen molar-refractivity contribution in [1.29, 1.82) is 0 Å². The molecule has 7 heteroatoms. The SMILES string of the molecule is CCOc1cccc2c1Oc1nc(-c3ccc(OC)c(OC)c3)[nH]c(=O)c1C2. The number of aromatic amines is 1. The first-order chi connectivity index (χ1) is 13.6. The summed E-state index contributed by atoms with van der Waals surface area (Å²) in [6.07, 6.45) is 0.431. The minimum atomic E-state index is -0.234. The Morgan fingerprint density at radius 1 is 1.11 bits per heavy atom. The summed E-state index contributed by atoms with van der Waals surface area (Å²) in [7, 11) is 3.12. The van der Waals surface area contributed by atoms with Gasteiger partial charge < -0.3 is 23.9 Å². The van der Waals surface area contributed by atoms with E-state index in [1.807, 2.05) is 25.1 Å². The van der Waals surface area contributed by atoms with Gasteiger partial charge >= 0.3 is 0 Å². The lowest BCUT2D eigenvalue weighted by Crippen LogP contribution is -2.20. The normalized spacial score (nSPS) is 11.8. The number of nitrogens with zero attached hydrogens (tertiary/aromatic N) is 1. The van der Waals surface area contributed by atoms with Crippen LogP contribution in [0.15, 0.2) is 41.2 Å². The molecular weight excluding hydrogens is 360 g/mol. The third-order valence-electron chi connectivity index (χ3n) is 4.56. The van der Waals surface area contributed by atoms with Gasteiger partial charge in [0.15, 0.2) is 23.0 Å². The monoisotopic (exact) mass is 380 g/mol. The molecule has 0 amide bonds. The van der Waals surface area contributed by atoms with Crippen LogP contribution < -0.4 is 24.5 Å². The fourth-order valence-electron chi connectivity index (χ4n) is 3.21. The molecule has 0 aliphatic carbocycles. The van der Waals surface area contributed by atoms with Crippen LogP contribution in [-0.2, 0) is 6.42 Å². The summed E-state index contributed by atoms with van der Waals surface area (Å²) >= 11 is 0. The first-order valence-corrected chi connectivity index (χ1v) is 8.92. The van der Waals surface area contributed by atoms with Crippen molar-refractivity contribution < 1.29 is 18.9 Å². The lowest BCUT2D eigenvalue weighted by molar-refractivity contribution is 0.315. The Hall–Kier alpha value is -3.48. The second-order valence-electron chi connectivity index (χ2n) is 6.22. The average molecular weight is 380 g/mol. The summed E-state index contributed by atoms with van der Waals surface area (Å²) < 4.78 is 22.2. The molecule has 0 saturated carbocycles. The number of benzene rings is 2. The van der Waals surface area contributed by atoms with Crippen molar-refractivity contribution >= 4 is 0 Å². The van der Waals surface area contributed by atoms with Crippen LogP contribution in [0.5, 0.6) is 28.9 Å². The van der Waals surface area contributed by atoms with E-state index in [1.54, 1.807) is 32.4 Å². The van der Waals surface area contributed by atoms with E-state index in [-0.39, 0.29) is 11.4 Å². The van der Waals surface area contributed by atoms with Gasteiger partial charge in [0.2, 0.25) is 5.88 Å². The number of fused-ring (bicyclic) bond motifs is 2. The second-order valence-corrected chi connectivity index (χ2v) is 6.22. The van der Waals surface area contributed by atoms with Crippen LogP contribution in [0.1, 0.15) is 18.1 Å². The summed E-state index contributed by atoms with van der Waals surface area (Å²) in [5.74, 6) is 3.06. The van der Waals surface area contributed by atoms with Crippen molar-refractivity contribution in [3.05, 3.63) is 57.9 Å². The predicted molar refractivity (Wildman–Crippen MR) is 104 cm³/mol. The highest BCUT2D eigenvalue weighted by molar-refractivity contribution is 5.62. The second kappa shape index (κ2) is 7.26. The number of nitrogens with one attached hydrogen (secondary N) is 1. The number of rotatable bonds is 5. The molecule has 144 valence electrons. The smallest absolute Gasteiger partial charge is 0.258 e. The first kappa shape index (κ1) is 17.9. The molecule has 0 saturated heterocycles. The molecule has 0 radical (unpaired) electrons. The summed E-state index contributed by atoms with van der Waals surface area (Å²) in [4.78, 5) is 20.1. The van der Waals surface area contributed by atoms with Crippen LogP contribution in [0, 0.1) is 0 Å². The number of ether oxygens (including phenoxy) is 4. The maximum atomic E-state index is 12.7. The van der Waals surface area contributed by atoms with E-state index in [1.165, 1.54) is 0 Å². The minimum Gasteiger partial charge on any atom is -0.493 e. The van der Waals surface area contributed by atoms with Crippen molar-refractivity contribution in [2.45, 2.75) is 13.3 Å². The van der Waals surface area contributed by atoms with E-state index in [0.717, 1.165) is 5.56 Å². The number of H-pyrrole nitrogens is 1. The van der Waals surface area contributed by atoms with Crippen LogP contribution in [0.3, 0.4) is 0 Å². The fraction of sp³-hybridized carbons (Fsp3) is 0.238. The van der Waals surface area contributed by atoms with Crippen LogP contribution in [0.4, 0.5) is 0 Å².